The minimum atomic E-state index is 0.159. The molecule has 0 radical (unpaired) electrons. The van der Waals surface area contributed by atoms with Gasteiger partial charge in [0.15, 0.2) is 0 Å². The summed E-state index contributed by atoms with van der Waals surface area (Å²) in [5.74, 6) is 0.634. The molecule has 0 bridgehead atoms. The Bertz CT molecular complexity index is 361. The molecule has 0 aliphatic rings. The minimum absolute atomic E-state index is 0.159. The number of rotatable bonds is 3. The minimum Gasteiger partial charge on any atom is -0.497 e. The van der Waals surface area contributed by atoms with Gasteiger partial charge in [-0.05, 0) is 12.1 Å². The summed E-state index contributed by atoms with van der Waals surface area (Å²) in [6, 6.07) is 6.87. The molecule has 0 fully saturated rings. The normalized spacial score (nSPS) is 11.9. The molecular weight excluding hydrogens is 184 g/mol. The van der Waals surface area contributed by atoms with Crippen molar-refractivity contribution in [2.24, 2.45) is 10.3 Å². The molecule has 2 N–H and O–H groups in total. The Morgan fingerprint density at radius 3 is 2.79 bits per heavy atom. The van der Waals surface area contributed by atoms with Crippen LogP contribution in [0.5, 0.6) is 5.75 Å². The van der Waals surface area contributed by atoms with Gasteiger partial charge in [-0.25, -0.2) is 0 Å². The third-order valence-electron chi connectivity index (χ3n) is 1.65. The van der Waals surface area contributed by atoms with Crippen LogP contribution in [0.3, 0.4) is 0 Å². The van der Waals surface area contributed by atoms with Gasteiger partial charge in [0.2, 0.25) is 0 Å². The zero-order valence-corrected chi connectivity index (χ0v) is 7.58. The predicted molar refractivity (Wildman–Crippen MR) is 51.6 cm³/mol. The van der Waals surface area contributed by atoms with Crippen LogP contribution in [-0.4, -0.2) is 29.5 Å². The van der Waals surface area contributed by atoms with E-state index in [4.69, 9.17) is 15.2 Å². The second-order valence-electron chi connectivity index (χ2n) is 2.46. The molecule has 5 nitrogen and oxygen atoms in total. The SMILES string of the molecule is COc1cccc(C(C=NO)=NO)c1. The molecule has 5 heteroatoms. The van der Waals surface area contributed by atoms with Gasteiger partial charge in [0.05, 0.1) is 13.3 Å². The summed E-state index contributed by atoms with van der Waals surface area (Å²) in [4.78, 5) is 0. The highest BCUT2D eigenvalue weighted by Gasteiger charge is 2.02. The van der Waals surface area contributed by atoms with Crippen LogP contribution in [0.2, 0.25) is 0 Å². The molecule has 0 amide bonds. The Kier molecular flexibility index (Phi) is 3.49. The van der Waals surface area contributed by atoms with Crippen LogP contribution in [0, 0.1) is 0 Å². The van der Waals surface area contributed by atoms with Gasteiger partial charge in [-0.3, -0.25) is 0 Å². The third kappa shape index (κ3) is 2.22. The van der Waals surface area contributed by atoms with Crippen molar-refractivity contribution in [1.82, 2.24) is 0 Å². The van der Waals surface area contributed by atoms with Gasteiger partial charge >= 0.3 is 0 Å². The highest BCUT2D eigenvalue weighted by atomic mass is 16.5. The van der Waals surface area contributed by atoms with Crippen LogP contribution in [0.4, 0.5) is 0 Å². The summed E-state index contributed by atoms with van der Waals surface area (Å²) in [6.45, 7) is 0. The molecule has 0 aliphatic heterocycles. The fourth-order valence-electron chi connectivity index (χ4n) is 0.995. The highest BCUT2D eigenvalue weighted by molar-refractivity contribution is 6.37. The third-order valence-corrected chi connectivity index (χ3v) is 1.65. The van der Waals surface area contributed by atoms with Gasteiger partial charge in [-0.1, -0.05) is 22.4 Å². The Morgan fingerprint density at radius 2 is 2.21 bits per heavy atom. The average molecular weight is 194 g/mol. The lowest BCUT2D eigenvalue weighted by molar-refractivity contribution is 0.316. The van der Waals surface area contributed by atoms with E-state index in [1.165, 1.54) is 7.11 Å². The van der Waals surface area contributed by atoms with Crippen molar-refractivity contribution in [2.75, 3.05) is 7.11 Å². The first-order chi connectivity index (χ1) is 6.81. The average Bonchev–Trinajstić information content (AvgIpc) is 2.26. The largest absolute Gasteiger partial charge is 0.497 e. The summed E-state index contributed by atoms with van der Waals surface area (Å²) in [6.07, 6.45) is 1.04. The lowest BCUT2D eigenvalue weighted by Gasteiger charge is -2.01. The number of hydrogen-bond donors (Lipinski definition) is 2. The molecule has 1 aromatic rings. The van der Waals surface area contributed by atoms with Crippen molar-refractivity contribution < 1.29 is 15.2 Å². The fourth-order valence-corrected chi connectivity index (χ4v) is 0.995. The first-order valence-corrected chi connectivity index (χ1v) is 3.85. The van der Waals surface area contributed by atoms with Crippen LogP contribution in [0.25, 0.3) is 0 Å². The summed E-state index contributed by atoms with van der Waals surface area (Å²) in [7, 11) is 1.54. The molecule has 0 aliphatic carbocycles. The Hall–Kier alpha value is -2.04. The van der Waals surface area contributed by atoms with E-state index in [-0.39, 0.29) is 5.71 Å². The molecule has 0 spiro atoms. The Balaban J connectivity index is 3.05. The van der Waals surface area contributed by atoms with Crippen molar-refractivity contribution in [3.8, 4) is 5.75 Å². The van der Waals surface area contributed by atoms with E-state index in [0.717, 1.165) is 6.21 Å². The Labute approximate surface area is 80.9 Å². The summed E-state index contributed by atoms with van der Waals surface area (Å²) in [5.41, 5.74) is 0.760. The van der Waals surface area contributed by atoms with Crippen molar-refractivity contribution in [2.45, 2.75) is 0 Å². The van der Waals surface area contributed by atoms with E-state index < -0.39 is 0 Å². The smallest absolute Gasteiger partial charge is 0.131 e. The first kappa shape index (κ1) is 10.0. The van der Waals surface area contributed by atoms with Crippen molar-refractivity contribution in [3.63, 3.8) is 0 Å². The number of benzene rings is 1. The van der Waals surface area contributed by atoms with Crippen LogP contribution in [0.15, 0.2) is 34.6 Å². The zero-order valence-electron chi connectivity index (χ0n) is 7.58. The van der Waals surface area contributed by atoms with E-state index in [1.54, 1.807) is 24.3 Å². The molecular formula is C9H10N2O3. The van der Waals surface area contributed by atoms with E-state index in [2.05, 4.69) is 10.3 Å². The van der Waals surface area contributed by atoms with Crippen LogP contribution < -0.4 is 4.74 Å². The first-order valence-electron chi connectivity index (χ1n) is 3.85. The second-order valence-corrected chi connectivity index (χ2v) is 2.46. The number of oxime groups is 2. The number of hydrogen-bond acceptors (Lipinski definition) is 5. The van der Waals surface area contributed by atoms with E-state index in [1.807, 2.05) is 0 Å². The molecule has 0 saturated carbocycles. The van der Waals surface area contributed by atoms with E-state index in [0.29, 0.717) is 11.3 Å². The lowest BCUT2D eigenvalue weighted by atomic mass is 10.1. The van der Waals surface area contributed by atoms with Gasteiger partial charge in [0.25, 0.3) is 0 Å². The van der Waals surface area contributed by atoms with Crippen molar-refractivity contribution >= 4 is 11.9 Å². The molecule has 74 valence electrons. The summed E-state index contributed by atoms with van der Waals surface area (Å²) in [5, 5.41) is 22.7. The Morgan fingerprint density at radius 1 is 1.43 bits per heavy atom. The summed E-state index contributed by atoms with van der Waals surface area (Å²) >= 11 is 0. The number of methoxy groups -OCH3 is 1. The topological polar surface area (TPSA) is 74.4 Å². The van der Waals surface area contributed by atoms with Gasteiger partial charge in [-0.15, -0.1) is 0 Å². The molecule has 0 atom stereocenters. The molecule has 1 rings (SSSR count). The van der Waals surface area contributed by atoms with Crippen LogP contribution >= 0.6 is 0 Å². The second kappa shape index (κ2) is 4.86. The van der Waals surface area contributed by atoms with Crippen LogP contribution in [-0.2, 0) is 0 Å². The van der Waals surface area contributed by atoms with Gasteiger partial charge in [-0.2, -0.15) is 0 Å². The standard InChI is InChI=1S/C9H10N2O3/c1-14-8-4-2-3-7(5-8)9(11-13)6-10-12/h2-6,12-13H,1H3. The lowest BCUT2D eigenvalue weighted by Crippen LogP contribution is -2.02. The highest BCUT2D eigenvalue weighted by Crippen LogP contribution is 2.12. The molecule has 0 saturated heterocycles. The maximum absolute atomic E-state index is 8.62. The number of nitrogens with zero attached hydrogens (tertiary/aromatic N) is 2. The maximum atomic E-state index is 8.62. The predicted octanol–water partition coefficient (Wildman–Crippen LogP) is 1.33. The van der Waals surface area contributed by atoms with E-state index in [9.17, 15) is 0 Å². The maximum Gasteiger partial charge on any atom is 0.131 e. The van der Waals surface area contributed by atoms with Crippen molar-refractivity contribution in [1.29, 1.82) is 0 Å². The molecule has 0 aromatic heterocycles. The monoisotopic (exact) mass is 194 g/mol. The van der Waals surface area contributed by atoms with Crippen molar-refractivity contribution in [3.05, 3.63) is 29.8 Å². The summed E-state index contributed by atoms with van der Waals surface area (Å²) < 4.78 is 4.98. The number of ether oxygens (including phenoxy) is 1. The molecule has 1 aromatic carbocycles. The van der Waals surface area contributed by atoms with Gasteiger partial charge in [0.1, 0.15) is 11.5 Å². The van der Waals surface area contributed by atoms with Gasteiger partial charge in [0, 0.05) is 5.56 Å². The molecule has 14 heavy (non-hydrogen) atoms. The molecule has 0 unspecified atom stereocenters. The molecule has 0 heterocycles. The fraction of sp³-hybridized carbons (Fsp3) is 0.111. The quantitative estimate of drug-likeness (QED) is 0.433. The van der Waals surface area contributed by atoms with Crippen LogP contribution in [0.1, 0.15) is 5.56 Å². The van der Waals surface area contributed by atoms with Gasteiger partial charge < -0.3 is 15.2 Å². The van der Waals surface area contributed by atoms with E-state index >= 15 is 0 Å². The zero-order chi connectivity index (χ0) is 10.4.